The highest BCUT2D eigenvalue weighted by molar-refractivity contribution is 5.33. The van der Waals surface area contributed by atoms with E-state index in [4.69, 9.17) is 10.00 Å². The van der Waals surface area contributed by atoms with Gasteiger partial charge in [-0.05, 0) is 36.2 Å². The zero-order chi connectivity index (χ0) is 12.8. The number of nitriles is 1. The van der Waals surface area contributed by atoms with Gasteiger partial charge in [0.15, 0.2) is 0 Å². The van der Waals surface area contributed by atoms with Gasteiger partial charge in [-0.1, -0.05) is 30.3 Å². The fourth-order valence-electron chi connectivity index (χ4n) is 1.74. The predicted molar refractivity (Wildman–Crippen MR) is 71.5 cm³/mol. The summed E-state index contributed by atoms with van der Waals surface area (Å²) in [7, 11) is 0. The molecule has 0 atom stereocenters. The molecule has 0 aliphatic rings. The number of para-hydroxylation sites is 1. The van der Waals surface area contributed by atoms with E-state index in [0.29, 0.717) is 12.2 Å². The van der Waals surface area contributed by atoms with Gasteiger partial charge in [0.1, 0.15) is 5.75 Å². The Hall–Kier alpha value is -2.27. The Labute approximate surface area is 107 Å². The number of hydrogen-bond acceptors (Lipinski definition) is 2. The van der Waals surface area contributed by atoms with E-state index >= 15 is 0 Å². The highest BCUT2D eigenvalue weighted by Gasteiger charge is 1.98. The molecular weight excluding hydrogens is 222 g/mol. The van der Waals surface area contributed by atoms with E-state index in [2.05, 4.69) is 6.07 Å². The second kappa shape index (κ2) is 5.88. The van der Waals surface area contributed by atoms with Crippen LogP contribution in [0.25, 0.3) is 0 Å². The average Bonchev–Trinajstić information content (AvgIpc) is 2.42. The normalized spacial score (nSPS) is 9.78. The van der Waals surface area contributed by atoms with Gasteiger partial charge < -0.3 is 4.74 Å². The van der Waals surface area contributed by atoms with Crippen LogP contribution in [0.2, 0.25) is 0 Å². The quantitative estimate of drug-likeness (QED) is 0.815. The van der Waals surface area contributed by atoms with Gasteiger partial charge in [-0.3, -0.25) is 0 Å². The lowest BCUT2D eigenvalue weighted by Gasteiger charge is -2.08. The minimum atomic E-state index is 0.650. The zero-order valence-corrected chi connectivity index (χ0v) is 10.4. The van der Waals surface area contributed by atoms with Crippen molar-refractivity contribution in [3.8, 4) is 11.8 Å². The predicted octanol–water partition coefficient (Wildman–Crippen LogP) is 3.49. The lowest BCUT2D eigenvalue weighted by Crippen LogP contribution is -2.02. The third kappa shape index (κ3) is 3.11. The molecule has 0 fully saturated rings. The van der Waals surface area contributed by atoms with Gasteiger partial charge in [0.2, 0.25) is 0 Å². The summed E-state index contributed by atoms with van der Waals surface area (Å²) in [4.78, 5) is 0. The van der Waals surface area contributed by atoms with Crippen molar-refractivity contribution >= 4 is 0 Å². The second-order valence-electron chi connectivity index (χ2n) is 4.17. The summed E-state index contributed by atoms with van der Waals surface area (Å²) in [5, 5.41) is 8.71. The first kappa shape index (κ1) is 12.2. The van der Waals surface area contributed by atoms with Crippen molar-refractivity contribution in [3.63, 3.8) is 0 Å². The smallest absolute Gasteiger partial charge is 0.122 e. The molecule has 0 unspecified atom stereocenters. The van der Waals surface area contributed by atoms with Crippen molar-refractivity contribution < 1.29 is 4.74 Å². The number of nitrogens with zero attached hydrogens (tertiary/aromatic N) is 1. The van der Waals surface area contributed by atoms with Crippen LogP contribution in [0.4, 0.5) is 0 Å². The van der Waals surface area contributed by atoms with Crippen LogP contribution in [-0.2, 0) is 6.42 Å². The third-order valence-electron chi connectivity index (χ3n) is 2.82. The van der Waals surface area contributed by atoms with Crippen molar-refractivity contribution in [1.29, 1.82) is 5.26 Å². The molecule has 0 aromatic heterocycles. The van der Waals surface area contributed by atoms with Crippen LogP contribution < -0.4 is 4.74 Å². The Kier molecular flexibility index (Phi) is 3.98. The van der Waals surface area contributed by atoms with E-state index < -0.39 is 0 Å². The maximum absolute atomic E-state index is 8.71. The molecule has 0 radical (unpaired) electrons. The van der Waals surface area contributed by atoms with Gasteiger partial charge in [0.25, 0.3) is 0 Å². The van der Waals surface area contributed by atoms with Crippen molar-refractivity contribution in [2.75, 3.05) is 6.61 Å². The van der Waals surface area contributed by atoms with Crippen molar-refractivity contribution in [1.82, 2.24) is 0 Å². The van der Waals surface area contributed by atoms with Crippen LogP contribution in [0.15, 0.2) is 48.5 Å². The third-order valence-corrected chi connectivity index (χ3v) is 2.82. The number of benzene rings is 2. The highest BCUT2D eigenvalue weighted by atomic mass is 16.5. The molecular formula is C16H15NO. The van der Waals surface area contributed by atoms with E-state index in [-0.39, 0.29) is 0 Å². The van der Waals surface area contributed by atoms with Crippen molar-refractivity contribution in [2.45, 2.75) is 13.3 Å². The van der Waals surface area contributed by atoms with Crippen molar-refractivity contribution in [2.24, 2.45) is 0 Å². The van der Waals surface area contributed by atoms with Crippen LogP contribution in [0.3, 0.4) is 0 Å². The minimum absolute atomic E-state index is 0.650. The van der Waals surface area contributed by atoms with Crippen molar-refractivity contribution in [3.05, 3.63) is 65.2 Å². The summed E-state index contributed by atoms with van der Waals surface area (Å²) < 4.78 is 5.73. The Balaban J connectivity index is 1.89. The molecule has 0 aliphatic heterocycles. The van der Waals surface area contributed by atoms with Gasteiger partial charge in [-0.25, -0.2) is 0 Å². The molecule has 0 saturated carbocycles. The van der Waals surface area contributed by atoms with E-state index in [1.807, 2.05) is 55.5 Å². The highest BCUT2D eigenvalue weighted by Crippen LogP contribution is 2.16. The Morgan fingerprint density at radius 1 is 1.06 bits per heavy atom. The fraction of sp³-hybridized carbons (Fsp3) is 0.188. The maximum Gasteiger partial charge on any atom is 0.122 e. The summed E-state index contributed by atoms with van der Waals surface area (Å²) >= 11 is 0. The Morgan fingerprint density at radius 3 is 2.44 bits per heavy atom. The van der Waals surface area contributed by atoms with E-state index in [1.54, 1.807) is 0 Å². The standard InChI is InChI=1S/C16H15NO/c1-13-4-2-3-5-16(13)18-11-10-14-6-8-15(12-17)9-7-14/h2-9H,10-11H2,1H3. The molecule has 0 aliphatic carbocycles. The first-order chi connectivity index (χ1) is 8.79. The van der Waals surface area contributed by atoms with Gasteiger partial charge in [0, 0.05) is 6.42 Å². The molecule has 2 heteroatoms. The summed E-state index contributed by atoms with van der Waals surface area (Å²) in [5.74, 6) is 0.936. The molecule has 0 heterocycles. The average molecular weight is 237 g/mol. The van der Waals surface area contributed by atoms with Crippen LogP contribution in [-0.4, -0.2) is 6.61 Å². The fourth-order valence-corrected chi connectivity index (χ4v) is 1.74. The Morgan fingerprint density at radius 2 is 1.78 bits per heavy atom. The lowest BCUT2D eigenvalue weighted by molar-refractivity contribution is 0.320. The lowest BCUT2D eigenvalue weighted by atomic mass is 10.1. The number of aryl methyl sites for hydroxylation is 1. The number of ether oxygens (including phenoxy) is 1. The van der Waals surface area contributed by atoms with Gasteiger partial charge >= 0.3 is 0 Å². The van der Waals surface area contributed by atoms with Gasteiger partial charge in [-0.2, -0.15) is 5.26 Å². The first-order valence-electron chi connectivity index (χ1n) is 5.97. The molecule has 0 amide bonds. The molecule has 2 nitrogen and oxygen atoms in total. The topological polar surface area (TPSA) is 33.0 Å². The van der Waals surface area contributed by atoms with Crippen LogP contribution in [0.1, 0.15) is 16.7 Å². The Bertz CT molecular complexity index is 552. The molecule has 0 N–H and O–H groups in total. The maximum atomic E-state index is 8.71. The molecule has 0 bridgehead atoms. The van der Waals surface area contributed by atoms with Crippen LogP contribution in [0, 0.1) is 18.3 Å². The van der Waals surface area contributed by atoms with E-state index in [0.717, 1.165) is 17.7 Å². The number of hydrogen-bond donors (Lipinski definition) is 0. The minimum Gasteiger partial charge on any atom is -0.493 e. The molecule has 90 valence electrons. The van der Waals surface area contributed by atoms with Crippen LogP contribution in [0.5, 0.6) is 5.75 Å². The van der Waals surface area contributed by atoms with E-state index in [9.17, 15) is 0 Å². The van der Waals surface area contributed by atoms with Gasteiger partial charge in [-0.15, -0.1) is 0 Å². The molecule has 0 spiro atoms. The molecule has 0 saturated heterocycles. The van der Waals surface area contributed by atoms with E-state index in [1.165, 1.54) is 5.56 Å². The SMILES string of the molecule is Cc1ccccc1OCCc1ccc(C#N)cc1. The summed E-state index contributed by atoms with van der Waals surface area (Å²) in [6.07, 6.45) is 0.847. The first-order valence-corrected chi connectivity index (χ1v) is 5.97. The monoisotopic (exact) mass is 237 g/mol. The van der Waals surface area contributed by atoms with Crippen LogP contribution >= 0.6 is 0 Å². The summed E-state index contributed by atoms with van der Waals surface area (Å²) in [5.41, 5.74) is 3.03. The molecule has 2 rings (SSSR count). The summed E-state index contributed by atoms with van der Waals surface area (Å²) in [6, 6.07) is 17.7. The molecule has 2 aromatic rings. The largest absolute Gasteiger partial charge is 0.493 e. The zero-order valence-electron chi connectivity index (χ0n) is 10.4. The second-order valence-corrected chi connectivity index (χ2v) is 4.17. The molecule has 2 aromatic carbocycles. The molecule has 18 heavy (non-hydrogen) atoms. The summed E-state index contributed by atoms with van der Waals surface area (Å²) in [6.45, 7) is 2.69. The van der Waals surface area contributed by atoms with Gasteiger partial charge in [0.05, 0.1) is 18.2 Å². The number of rotatable bonds is 4.